The second-order valence-corrected chi connectivity index (χ2v) is 6.37. The number of nitrogen functional groups attached to an aromatic ring is 1. The van der Waals surface area contributed by atoms with Crippen LogP contribution in [0.4, 0.5) is 5.13 Å². The largest absolute Gasteiger partial charge is 0.375 e. The van der Waals surface area contributed by atoms with E-state index in [4.69, 9.17) is 5.73 Å². The maximum atomic E-state index is 12.2. The number of rotatable bonds is 3. The zero-order valence-electron chi connectivity index (χ0n) is 11.8. The average Bonchev–Trinajstić information content (AvgIpc) is 2.69. The van der Waals surface area contributed by atoms with Gasteiger partial charge in [-0.3, -0.25) is 4.79 Å². The summed E-state index contributed by atoms with van der Waals surface area (Å²) in [5.41, 5.74) is 6.34. The molecule has 6 heteroatoms. The van der Waals surface area contributed by atoms with E-state index in [1.807, 2.05) is 6.92 Å². The van der Waals surface area contributed by atoms with Crippen molar-refractivity contribution in [3.8, 4) is 0 Å². The van der Waals surface area contributed by atoms with Crippen molar-refractivity contribution in [2.45, 2.75) is 45.7 Å². The summed E-state index contributed by atoms with van der Waals surface area (Å²) in [6.07, 6.45) is 2.02. The van der Waals surface area contributed by atoms with Gasteiger partial charge in [0.15, 0.2) is 5.13 Å². The molecule has 0 saturated carbocycles. The van der Waals surface area contributed by atoms with Crippen molar-refractivity contribution >= 4 is 22.4 Å². The minimum Gasteiger partial charge on any atom is -0.375 e. The van der Waals surface area contributed by atoms with Crippen LogP contribution < -0.4 is 11.1 Å². The van der Waals surface area contributed by atoms with Gasteiger partial charge in [0.1, 0.15) is 4.88 Å². The topological polar surface area (TPSA) is 71.2 Å². The molecule has 1 aromatic rings. The number of nitrogens with zero attached hydrogens (tertiary/aromatic N) is 2. The molecule has 1 aromatic heterocycles. The van der Waals surface area contributed by atoms with Crippen molar-refractivity contribution in [1.82, 2.24) is 15.2 Å². The first kappa shape index (κ1) is 14.3. The Labute approximate surface area is 118 Å². The maximum Gasteiger partial charge on any atom is 0.263 e. The number of amides is 1. The second-order valence-electron chi connectivity index (χ2n) is 5.34. The highest BCUT2D eigenvalue weighted by molar-refractivity contribution is 7.17. The van der Waals surface area contributed by atoms with E-state index in [0.29, 0.717) is 16.1 Å². The molecule has 0 spiro atoms. The van der Waals surface area contributed by atoms with Crippen LogP contribution in [0, 0.1) is 6.92 Å². The van der Waals surface area contributed by atoms with Crippen molar-refractivity contribution in [1.29, 1.82) is 0 Å². The molecule has 1 fully saturated rings. The zero-order chi connectivity index (χ0) is 14.0. The summed E-state index contributed by atoms with van der Waals surface area (Å²) >= 11 is 1.26. The molecule has 19 heavy (non-hydrogen) atoms. The van der Waals surface area contributed by atoms with Crippen molar-refractivity contribution < 1.29 is 4.79 Å². The molecule has 1 aliphatic heterocycles. The van der Waals surface area contributed by atoms with Crippen LogP contribution >= 0.6 is 11.3 Å². The van der Waals surface area contributed by atoms with Gasteiger partial charge in [0.05, 0.1) is 5.69 Å². The molecule has 2 rings (SSSR count). The summed E-state index contributed by atoms with van der Waals surface area (Å²) in [6, 6.07) is 0.852. The van der Waals surface area contributed by atoms with Crippen LogP contribution in [0.25, 0.3) is 0 Å². The van der Waals surface area contributed by atoms with Gasteiger partial charge in [-0.2, -0.15) is 0 Å². The van der Waals surface area contributed by atoms with E-state index >= 15 is 0 Å². The fourth-order valence-corrected chi connectivity index (χ4v) is 3.18. The first-order valence-electron chi connectivity index (χ1n) is 6.75. The molecule has 0 unspecified atom stereocenters. The van der Waals surface area contributed by atoms with Crippen LogP contribution in [0.2, 0.25) is 0 Å². The quantitative estimate of drug-likeness (QED) is 0.884. The van der Waals surface area contributed by atoms with Gasteiger partial charge in [0.2, 0.25) is 0 Å². The van der Waals surface area contributed by atoms with Gasteiger partial charge in [-0.25, -0.2) is 4.98 Å². The fraction of sp³-hybridized carbons (Fsp3) is 0.692. The van der Waals surface area contributed by atoms with Gasteiger partial charge in [-0.1, -0.05) is 11.3 Å². The van der Waals surface area contributed by atoms with Crippen LogP contribution in [0.5, 0.6) is 0 Å². The smallest absolute Gasteiger partial charge is 0.263 e. The van der Waals surface area contributed by atoms with E-state index in [0.717, 1.165) is 31.6 Å². The van der Waals surface area contributed by atoms with Crippen LogP contribution in [0.1, 0.15) is 42.1 Å². The van der Waals surface area contributed by atoms with Crippen LogP contribution in [-0.4, -0.2) is 41.0 Å². The van der Waals surface area contributed by atoms with Crippen molar-refractivity contribution in [3.05, 3.63) is 10.6 Å². The Kier molecular flexibility index (Phi) is 4.42. The van der Waals surface area contributed by atoms with E-state index in [2.05, 4.69) is 29.0 Å². The van der Waals surface area contributed by atoms with Gasteiger partial charge < -0.3 is 16.0 Å². The normalized spacial score (nSPS) is 17.9. The summed E-state index contributed by atoms with van der Waals surface area (Å²) in [5.74, 6) is -0.0327. The monoisotopic (exact) mass is 282 g/mol. The third-order valence-electron chi connectivity index (χ3n) is 3.61. The Hall–Kier alpha value is -1.14. The molecule has 1 aliphatic rings. The second kappa shape index (κ2) is 5.88. The van der Waals surface area contributed by atoms with Crippen LogP contribution in [-0.2, 0) is 0 Å². The molecule has 0 bridgehead atoms. The van der Waals surface area contributed by atoms with Crippen LogP contribution in [0.3, 0.4) is 0 Å². The summed E-state index contributed by atoms with van der Waals surface area (Å²) < 4.78 is 0. The number of carbonyl (C=O) groups is 1. The Bertz CT molecular complexity index is 449. The SMILES string of the molecule is Cc1nc(N)sc1C(=O)NC1CCN(C(C)C)CC1. The lowest BCUT2D eigenvalue weighted by Gasteiger charge is -2.34. The number of piperidine rings is 1. The molecular formula is C13H22N4OS. The van der Waals surface area contributed by atoms with Crippen molar-refractivity contribution in [3.63, 3.8) is 0 Å². The highest BCUT2D eigenvalue weighted by Crippen LogP contribution is 2.20. The molecule has 0 atom stereocenters. The summed E-state index contributed by atoms with van der Waals surface area (Å²) in [5, 5.41) is 3.55. The van der Waals surface area contributed by atoms with Gasteiger partial charge >= 0.3 is 0 Å². The first-order chi connectivity index (χ1) is 8.97. The van der Waals surface area contributed by atoms with E-state index in [-0.39, 0.29) is 11.9 Å². The summed E-state index contributed by atoms with van der Waals surface area (Å²) in [4.78, 5) is 19.3. The minimum absolute atomic E-state index is 0.0327. The Morgan fingerprint density at radius 2 is 2.11 bits per heavy atom. The van der Waals surface area contributed by atoms with E-state index < -0.39 is 0 Å². The number of nitrogens with one attached hydrogen (secondary N) is 1. The fourth-order valence-electron chi connectivity index (χ4n) is 2.44. The number of likely N-dealkylation sites (tertiary alicyclic amines) is 1. The van der Waals surface area contributed by atoms with E-state index in [9.17, 15) is 4.79 Å². The number of anilines is 1. The molecule has 1 amide bonds. The Morgan fingerprint density at radius 3 is 2.58 bits per heavy atom. The standard InChI is InChI=1S/C13H22N4OS/c1-8(2)17-6-4-10(5-7-17)16-12(18)11-9(3)15-13(14)19-11/h8,10H,4-7H2,1-3H3,(H2,14,15)(H,16,18). The lowest BCUT2D eigenvalue weighted by Crippen LogP contribution is -2.46. The molecular weight excluding hydrogens is 260 g/mol. The highest BCUT2D eigenvalue weighted by Gasteiger charge is 2.23. The number of hydrogen-bond donors (Lipinski definition) is 2. The molecule has 2 heterocycles. The highest BCUT2D eigenvalue weighted by atomic mass is 32.1. The van der Waals surface area contributed by atoms with Crippen molar-refractivity contribution in [2.24, 2.45) is 0 Å². The number of aromatic nitrogens is 1. The molecule has 106 valence electrons. The molecule has 1 saturated heterocycles. The minimum atomic E-state index is -0.0327. The molecule has 0 radical (unpaired) electrons. The average molecular weight is 282 g/mol. The van der Waals surface area contributed by atoms with Gasteiger partial charge in [0.25, 0.3) is 5.91 Å². The molecule has 5 nitrogen and oxygen atoms in total. The maximum absolute atomic E-state index is 12.2. The number of thiazole rings is 1. The molecule has 3 N–H and O–H groups in total. The summed E-state index contributed by atoms with van der Waals surface area (Å²) in [6.45, 7) is 8.34. The van der Waals surface area contributed by atoms with Gasteiger partial charge in [-0.15, -0.1) is 0 Å². The van der Waals surface area contributed by atoms with Crippen molar-refractivity contribution in [2.75, 3.05) is 18.8 Å². The predicted molar refractivity (Wildman–Crippen MR) is 78.5 cm³/mol. The third-order valence-corrected chi connectivity index (χ3v) is 4.60. The Balaban J connectivity index is 1.89. The van der Waals surface area contributed by atoms with E-state index in [1.54, 1.807) is 0 Å². The van der Waals surface area contributed by atoms with E-state index in [1.165, 1.54) is 11.3 Å². The third kappa shape index (κ3) is 3.45. The number of hydrogen-bond acceptors (Lipinski definition) is 5. The number of carbonyl (C=O) groups excluding carboxylic acids is 1. The Morgan fingerprint density at radius 1 is 1.47 bits per heavy atom. The lowest BCUT2D eigenvalue weighted by atomic mass is 10.0. The summed E-state index contributed by atoms with van der Waals surface area (Å²) in [7, 11) is 0. The zero-order valence-corrected chi connectivity index (χ0v) is 12.6. The number of aryl methyl sites for hydroxylation is 1. The predicted octanol–water partition coefficient (Wildman–Crippen LogP) is 1.64. The van der Waals surface area contributed by atoms with Gasteiger partial charge in [-0.05, 0) is 33.6 Å². The first-order valence-corrected chi connectivity index (χ1v) is 7.57. The van der Waals surface area contributed by atoms with Gasteiger partial charge in [0, 0.05) is 25.2 Å². The molecule has 0 aromatic carbocycles. The molecule has 0 aliphatic carbocycles. The lowest BCUT2D eigenvalue weighted by molar-refractivity contribution is 0.0904. The number of nitrogens with two attached hydrogens (primary N) is 1. The van der Waals surface area contributed by atoms with Crippen LogP contribution in [0.15, 0.2) is 0 Å².